The topological polar surface area (TPSA) is 278 Å². The zero-order valence-electron chi connectivity index (χ0n) is 44.4. The van der Waals surface area contributed by atoms with Gasteiger partial charge in [0, 0.05) is 60.8 Å². The van der Waals surface area contributed by atoms with Crippen molar-refractivity contribution < 1.29 is 92.7 Å². The van der Waals surface area contributed by atoms with Crippen LogP contribution in [0.3, 0.4) is 0 Å². The zero-order chi connectivity index (χ0) is 59.7. The molecule has 82 heavy (non-hydrogen) atoms. The first kappa shape index (κ1) is 66.1. The number of halogens is 8. The van der Waals surface area contributed by atoms with E-state index in [4.69, 9.17) is 33.6 Å². The van der Waals surface area contributed by atoms with E-state index < -0.39 is 71.8 Å². The van der Waals surface area contributed by atoms with Crippen molar-refractivity contribution in [3.63, 3.8) is 0 Å². The van der Waals surface area contributed by atoms with E-state index in [-0.39, 0.29) is 73.9 Å². The predicted molar refractivity (Wildman–Crippen MR) is 278 cm³/mol. The molecule has 0 saturated carbocycles. The van der Waals surface area contributed by atoms with Gasteiger partial charge in [0.1, 0.15) is 36.1 Å². The third-order valence-electron chi connectivity index (χ3n) is 12.3. The number of thioether (sulfide) groups is 1. The molecule has 0 spiro atoms. The zero-order valence-corrected chi connectivity index (χ0v) is 45.3. The fourth-order valence-electron chi connectivity index (χ4n) is 8.14. The molecule has 0 unspecified atom stereocenters. The number of nitrogens with zero attached hydrogens (tertiary/aromatic N) is 2. The molecule has 0 aliphatic carbocycles. The molecular weight excluding hydrogens is 1130 g/mol. The second kappa shape index (κ2) is 32.8. The van der Waals surface area contributed by atoms with Gasteiger partial charge < -0.3 is 66.0 Å². The number of carboxylic acid groups (broad SMARTS) is 1. The lowest BCUT2D eigenvalue weighted by atomic mass is 10.00. The van der Waals surface area contributed by atoms with Crippen LogP contribution in [0.2, 0.25) is 0 Å². The van der Waals surface area contributed by atoms with E-state index in [1.807, 2.05) is 11.8 Å². The molecule has 8 N–H and O–H groups in total. The fourth-order valence-corrected chi connectivity index (χ4v) is 9.69. The van der Waals surface area contributed by atoms with Crippen LogP contribution in [-0.4, -0.2) is 161 Å². The molecule has 6 rings (SSSR count). The maximum Gasteiger partial charge on any atom is 0.490 e. The van der Waals surface area contributed by atoms with Crippen LogP contribution in [0.4, 0.5) is 39.9 Å². The van der Waals surface area contributed by atoms with Crippen molar-refractivity contribution in [2.24, 2.45) is 10.2 Å². The summed E-state index contributed by atoms with van der Waals surface area (Å²) in [5.74, 6) is -5.72. The Kier molecular flexibility index (Phi) is 26.4. The van der Waals surface area contributed by atoms with Gasteiger partial charge in [-0.15, -0.1) is 10.2 Å². The number of carbonyl (C=O) groups is 6. The number of ether oxygens (including phenoxy) is 5. The lowest BCUT2D eigenvalue weighted by Crippen LogP contribution is -2.49. The highest BCUT2D eigenvalue weighted by atomic mass is 32.2. The number of hydrogen-bond donors (Lipinski definition) is 8. The summed E-state index contributed by atoms with van der Waals surface area (Å²) < 4.78 is 129. The van der Waals surface area contributed by atoms with E-state index in [9.17, 15) is 59.1 Å². The van der Waals surface area contributed by atoms with Crippen LogP contribution in [0, 0.1) is 11.6 Å². The number of fused-ring (bicyclic) bond motifs is 1. The van der Waals surface area contributed by atoms with Crippen LogP contribution in [0.15, 0.2) is 77.0 Å². The second-order valence-electron chi connectivity index (χ2n) is 18.6. The van der Waals surface area contributed by atoms with E-state index in [0.717, 1.165) is 43.2 Å². The van der Waals surface area contributed by atoms with Crippen LogP contribution < -0.4 is 42.0 Å². The van der Waals surface area contributed by atoms with Gasteiger partial charge in [0.05, 0.1) is 71.4 Å². The van der Waals surface area contributed by atoms with Crippen molar-refractivity contribution in [3.8, 4) is 5.75 Å². The Hall–Kier alpha value is -6.73. The molecule has 3 aromatic carbocycles. The molecule has 3 aromatic rings. The smallest absolute Gasteiger partial charge is 0.490 e. The Morgan fingerprint density at radius 1 is 0.744 bits per heavy atom. The number of carboxylic acids is 1. The maximum absolute atomic E-state index is 14.0. The summed E-state index contributed by atoms with van der Waals surface area (Å²) in [4.78, 5) is 72.2. The van der Waals surface area contributed by atoms with Crippen molar-refractivity contribution >= 4 is 47.4 Å². The van der Waals surface area contributed by atoms with E-state index in [1.165, 1.54) is 19.1 Å². The Morgan fingerprint density at radius 2 is 1.35 bits per heavy atom. The van der Waals surface area contributed by atoms with Gasteiger partial charge in [0.25, 0.3) is 0 Å². The molecule has 0 bridgehead atoms. The standard InChI is InChI=1S/C50H64F5N9O10S.C2HF3O2/c1-32(59-43(66)27-33-25-37(51)29-38(52)26-33)46(67)61-44(34-7-3-2-4-8-34)47(68)58-30-35-11-12-36(49(63-64-49)50(53,54)55)28-40(35)74-24-23-73-22-21-71-17-14-56-13-16-70-19-20-72-18-15-57-42(65)10-6-5-9-41-45-39(31-75-41)60-48(69)62-45;3-2(4,5)1(6)7/h2-4,7-8,11-12,25-26,28-29,32,39,41,44-45,56H,5-6,9-10,13-24,27,30-31H2,1H3,(H,57,65)(H,58,68)(H,59,66)(H,61,67)(H2,60,62,69);(H,6,7)/t32-,39-,41-,44-,45-;/m0./s1. The molecular formula is C52H65F8N9O12S. The number of carbonyl (C=O) groups excluding carboxylic acids is 5. The van der Waals surface area contributed by atoms with E-state index in [1.54, 1.807) is 30.3 Å². The number of hydrogen-bond acceptors (Lipinski definition) is 15. The van der Waals surface area contributed by atoms with Gasteiger partial charge in [-0.05, 0) is 49.1 Å². The first-order valence-electron chi connectivity index (χ1n) is 26.0. The van der Waals surface area contributed by atoms with Gasteiger partial charge in [0.2, 0.25) is 23.6 Å². The van der Waals surface area contributed by atoms with Gasteiger partial charge >= 0.3 is 30.0 Å². The van der Waals surface area contributed by atoms with Crippen LogP contribution in [0.25, 0.3) is 0 Å². The van der Waals surface area contributed by atoms with Crippen molar-refractivity contribution in [3.05, 3.63) is 101 Å². The highest BCUT2D eigenvalue weighted by Crippen LogP contribution is 2.53. The predicted octanol–water partition coefficient (Wildman–Crippen LogP) is 4.88. The van der Waals surface area contributed by atoms with Crippen LogP contribution in [0.5, 0.6) is 5.75 Å². The molecule has 2 fully saturated rings. The Bertz CT molecular complexity index is 2580. The Morgan fingerprint density at radius 3 is 1.96 bits per heavy atom. The van der Waals surface area contributed by atoms with Crippen molar-refractivity contribution in [1.82, 2.24) is 37.2 Å². The summed E-state index contributed by atoms with van der Waals surface area (Å²) in [6.07, 6.45) is -7.16. The molecule has 21 nitrogen and oxygen atoms in total. The summed E-state index contributed by atoms with van der Waals surface area (Å²) in [5.41, 5.74) is -2.30. The number of unbranched alkanes of at least 4 members (excludes halogenated alkanes) is 1. The largest absolute Gasteiger partial charge is 0.491 e. The number of aliphatic carboxylic acids is 1. The molecule has 0 aromatic heterocycles. The minimum atomic E-state index is -5.08. The monoisotopic (exact) mass is 1190 g/mol. The first-order chi connectivity index (χ1) is 39.1. The van der Waals surface area contributed by atoms with Crippen LogP contribution in [0.1, 0.15) is 60.9 Å². The van der Waals surface area contributed by atoms with Crippen molar-refractivity contribution in [1.29, 1.82) is 0 Å². The average Bonchev–Trinajstić information content (AvgIpc) is 4.15. The van der Waals surface area contributed by atoms with Gasteiger partial charge in [-0.1, -0.05) is 48.9 Å². The third kappa shape index (κ3) is 22.2. The molecule has 3 aliphatic rings. The summed E-state index contributed by atoms with van der Waals surface area (Å²) >= 11 is 1.87. The quantitative estimate of drug-likeness (QED) is 0.0225. The fraction of sp³-hybridized carbons (Fsp3) is 0.538. The van der Waals surface area contributed by atoms with E-state index in [2.05, 4.69) is 47.4 Å². The van der Waals surface area contributed by atoms with E-state index in [0.29, 0.717) is 81.5 Å². The molecule has 3 heterocycles. The number of urea groups is 1. The normalized spacial score (nSPS) is 17.5. The summed E-state index contributed by atoms with van der Waals surface area (Å²) in [7, 11) is 0. The highest BCUT2D eigenvalue weighted by molar-refractivity contribution is 8.00. The molecule has 5 atom stereocenters. The summed E-state index contributed by atoms with van der Waals surface area (Å²) in [6.45, 7) is 5.20. The number of rotatable bonds is 34. The van der Waals surface area contributed by atoms with Gasteiger partial charge in [-0.2, -0.15) is 38.1 Å². The Balaban J connectivity index is 0.00000165. The SMILES string of the molecule is C[C@H](NC(=O)Cc1cc(F)cc(F)c1)C(=O)N[C@H](C(=O)NCc1ccc(C2(C(F)(F)F)N=N2)cc1OCCOCCOCCNCCOCCOCCNC(=O)CCCC[C@@H]1SC[C@@H]2NC(=O)N[C@@H]21)c1ccccc1.O=C(O)C(F)(F)F. The van der Waals surface area contributed by atoms with Crippen molar-refractivity contribution in [2.75, 3.05) is 84.8 Å². The summed E-state index contributed by atoms with van der Waals surface area (Å²) in [5, 5.41) is 33.8. The molecule has 2 saturated heterocycles. The van der Waals surface area contributed by atoms with E-state index >= 15 is 0 Å². The number of nitrogens with one attached hydrogen (secondary N) is 7. The second-order valence-corrected chi connectivity index (χ2v) is 19.8. The molecule has 6 amide bonds. The van der Waals surface area contributed by atoms with Crippen LogP contribution >= 0.6 is 11.8 Å². The van der Waals surface area contributed by atoms with Crippen molar-refractivity contribution in [2.45, 2.75) is 93.0 Å². The van der Waals surface area contributed by atoms with Gasteiger partial charge in [-0.3, -0.25) is 19.2 Å². The maximum atomic E-state index is 14.0. The average molecular weight is 1190 g/mol. The van der Waals surface area contributed by atoms with Crippen LogP contribution in [-0.2, 0) is 61.5 Å². The van der Waals surface area contributed by atoms with Gasteiger partial charge in [-0.25, -0.2) is 18.4 Å². The first-order valence-corrected chi connectivity index (χ1v) is 27.0. The highest BCUT2D eigenvalue weighted by Gasteiger charge is 2.65. The number of benzene rings is 3. The molecule has 3 aliphatic heterocycles. The molecule has 0 radical (unpaired) electrons. The Labute approximate surface area is 470 Å². The lowest BCUT2D eigenvalue weighted by Gasteiger charge is -2.22. The number of amides is 6. The molecule has 30 heteroatoms. The minimum Gasteiger partial charge on any atom is -0.491 e. The number of alkyl halides is 6. The third-order valence-corrected chi connectivity index (χ3v) is 13.8. The van der Waals surface area contributed by atoms with Gasteiger partial charge in [0.15, 0.2) is 0 Å². The molecule has 452 valence electrons. The lowest BCUT2D eigenvalue weighted by molar-refractivity contribution is -0.192. The summed E-state index contributed by atoms with van der Waals surface area (Å²) in [6, 6.07) is 12.3. The minimum absolute atomic E-state index is 0.00263.